The molecule has 1 aliphatic heterocycles. The lowest BCUT2D eigenvalue weighted by atomic mass is 9.97. The molecule has 0 saturated carbocycles. The number of hydrogen-bond acceptors (Lipinski definition) is 2. The molecule has 0 spiro atoms. The maximum atomic E-state index is 12.9. The highest BCUT2D eigenvalue weighted by molar-refractivity contribution is 9.10. The number of carbonyl (C=O) groups is 1. The van der Waals surface area contributed by atoms with Crippen molar-refractivity contribution >= 4 is 43.9 Å². The van der Waals surface area contributed by atoms with Gasteiger partial charge in [-0.3, -0.25) is 4.79 Å². The monoisotopic (exact) mass is 351 g/mol. The number of fused-ring (bicyclic) bond motifs is 3. The molecule has 0 aromatic heterocycles. The van der Waals surface area contributed by atoms with Crippen molar-refractivity contribution in [2.24, 2.45) is 0 Å². The Morgan fingerprint density at radius 2 is 1.64 bits per heavy atom. The van der Waals surface area contributed by atoms with Crippen LogP contribution >= 0.6 is 15.9 Å². The quantitative estimate of drug-likeness (QED) is 0.480. The number of nitrogens with zero attached hydrogens (tertiary/aromatic N) is 1. The maximum absolute atomic E-state index is 12.9. The van der Waals surface area contributed by atoms with E-state index in [1.54, 1.807) is 12.1 Å². The molecule has 106 valence electrons. The second-order valence-electron chi connectivity index (χ2n) is 5.13. The van der Waals surface area contributed by atoms with Crippen LogP contribution in [-0.2, 0) is 0 Å². The van der Waals surface area contributed by atoms with E-state index in [1.807, 2.05) is 48.5 Å². The summed E-state index contributed by atoms with van der Waals surface area (Å²) in [7, 11) is 0. The SMILES string of the molecule is O=C1C(c2ccccc2Br)=[N+]([O-])c2ccc3ccccc3c21. The Balaban J connectivity index is 2.02. The fourth-order valence-electron chi connectivity index (χ4n) is 2.88. The molecular weight excluding hydrogens is 342 g/mol. The van der Waals surface area contributed by atoms with Crippen molar-refractivity contribution in [2.75, 3.05) is 0 Å². The molecule has 1 heterocycles. The largest absolute Gasteiger partial charge is 0.618 e. The van der Waals surface area contributed by atoms with E-state index < -0.39 is 0 Å². The molecule has 4 heteroatoms. The van der Waals surface area contributed by atoms with Crippen LogP contribution in [0.3, 0.4) is 0 Å². The minimum absolute atomic E-state index is 0.166. The zero-order chi connectivity index (χ0) is 15.3. The first-order valence-electron chi connectivity index (χ1n) is 6.84. The smallest absolute Gasteiger partial charge is 0.274 e. The Labute approximate surface area is 135 Å². The number of hydrogen-bond donors (Lipinski definition) is 0. The van der Waals surface area contributed by atoms with Gasteiger partial charge in [0.15, 0.2) is 0 Å². The summed E-state index contributed by atoms with van der Waals surface area (Å²) in [6.07, 6.45) is 0. The first kappa shape index (κ1) is 13.2. The summed E-state index contributed by atoms with van der Waals surface area (Å²) in [5, 5.41) is 14.4. The minimum Gasteiger partial charge on any atom is -0.618 e. The number of rotatable bonds is 1. The first-order valence-corrected chi connectivity index (χ1v) is 7.63. The van der Waals surface area contributed by atoms with Crippen LogP contribution < -0.4 is 0 Å². The molecule has 0 radical (unpaired) electrons. The van der Waals surface area contributed by atoms with Crippen molar-refractivity contribution in [1.82, 2.24) is 0 Å². The van der Waals surface area contributed by atoms with Gasteiger partial charge >= 0.3 is 0 Å². The van der Waals surface area contributed by atoms with E-state index in [9.17, 15) is 10.0 Å². The Morgan fingerprint density at radius 3 is 2.45 bits per heavy atom. The number of carbonyl (C=O) groups excluding carboxylic acids is 1. The summed E-state index contributed by atoms with van der Waals surface area (Å²) in [6, 6.07) is 18.5. The molecule has 0 amide bonds. The molecule has 0 unspecified atom stereocenters. The summed E-state index contributed by atoms with van der Waals surface area (Å²) < 4.78 is 1.47. The maximum Gasteiger partial charge on any atom is 0.274 e. The lowest BCUT2D eigenvalue weighted by molar-refractivity contribution is -0.355. The van der Waals surface area contributed by atoms with Crippen LogP contribution in [0.1, 0.15) is 15.9 Å². The van der Waals surface area contributed by atoms with Crippen LogP contribution in [0.5, 0.6) is 0 Å². The summed E-state index contributed by atoms with van der Waals surface area (Å²) in [5.41, 5.74) is 1.68. The Morgan fingerprint density at radius 1 is 0.909 bits per heavy atom. The first-order chi connectivity index (χ1) is 10.7. The van der Waals surface area contributed by atoms with Crippen molar-refractivity contribution in [3.05, 3.63) is 81.5 Å². The van der Waals surface area contributed by atoms with Crippen molar-refractivity contribution in [3.63, 3.8) is 0 Å². The Kier molecular flexibility index (Phi) is 2.87. The predicted molar refractivity (Wildman–Crippen MR) is 89.8 cm³/mol. The van der Waals surface area contributed by atoms with Crippen LogP contribution in [0, 0.1) is 5.21 Å². The molecule has 3 aromatic rings. The fourth-order valence-corrected chi connectivity index (χ4v) is 3.36. The highest BCUT2D eigenvalue weighted by Crippen LogP contribution is 2.35. The van der Waals surface area contributed by atoms with Gasteiger partial charge in [0.2, 0.25) is 5.69 Å². The summed E-state index contributed by atoms with van der Waals surface area (Å²) in [5.74, 6) is -0.228. The van der Waals surface area contributed by atoms with Crippen molar-refractivity contribution in [2.45, 2.75) is 0 Å². The Bertz CT molecular complexity index is 976. The number of ketones is 1. The molecule has 22 heavy (non-hydrogen) atoms. The van der Waals surface area contributed by atoms with E-state index in [-0.39, 0.29) is 11.5 Å². The topological polar surface area (TPSA) is 43.1 Å². The van der Waals surface area contributed by atoms with E-state index in [0.717, 1.165) is 20.0 Å². The molecule has 0 saturated heterocycles. The highest BCUT2D eigenvalue weighted by Gasteiger charge is 2.38. The van der Waals surface area contributed by atoms with E-state index in [1.165, 1.54) is 0 Å². The summed E-state index contributed by atoms with van der Waals surface area (Å²) in [4.78, 5) is 12.9. The third-order valence-electron chi connectivity index (χ3n) is 3.90. The van der Waals surface area contributed by atoms with Crippen LogP contribution in [0.4, 0.5) is 5.69 Å². The normalized spacial score (nSPS) is 13.8. The van der Waals surface area contributed by atoms with Gasteiger partial charge < -0.3 is 5.21 Å². The van der Waals surface area contributed by atoms with Crippen molar-refractivity contribution < 1.29 is 9.53 Å². The zero-order valence-corrected chi connectivity index (χ0v) is 13.0. The number of benzene rings is 3. The second-order valence-corrected chi connectivity index (χ2v) is 5.99. The number of halogens is 1. The van der Waals surface area contributed by atoms with Crippen LogP contribution in [0.25, 0.3) is 10.8 Å². The molecule has 3 nitrogen and oxygen atoms in total. The van der Waals surface area contributed by atoms with Gasteiger partial charge in [0, 0.05) is 10.5 Å². The highest BCUT2D eigenvalue weighted by atomic mass is 79.9. The van der Waals surface area contributed by atoms with E-state index in [0.29, 0.717) is 16.8 Å². The minimum atomic E-state index is -0.228. The lowest BCUT2D eigenvalue weighted by Crippen LogP contribution is -2.17. The van der Waals surface area contributed by atoms with Gasteiger partial charge in [0.05, 0.1) is 5.56 Å². The number of Topliss-reactive ketones (excluding diaryl/α,β-unsaturated/α-hetero) is 1. The van der Waals surface area contributed by atoms with E-state index in [2.05, 4.69) is 15.9 Å². The van der Waals surface area contributed by atoms with Crippen LogP contribution in [-0.4, -0.2) is 16.2 Å². The molecule has 0 N–H and O–H groups in total. The zero-order valence-electron chi connectivity index (χ0n) is 11.4. The van der Waals surface area contributed by atoms with Gasteiger partial charge in [-0.2, -0.15) is 4.74 Å². The van der Waals surface area contributed by atoms with Gasteiger partial charge in [0.1, 0.15) is 5.56 Å². The third-order valence-corrected chi connectivity index (χ3v) is 4.59. The molecule has 0 fully saturated rings. The molecule has 0 bridgehead atoms. The average Bonchev–Trinajstić information content (AvgIpc) is 2.80. The van der Waals surface area contributed by atoms with Crippen molar-refractivity contribution in [1.29, 1.82) is 0 Å². The van der Waals surface area contributed by atoms with Gasteiger partial charge in [0.25, 0.3) is 11.5 Å². The summed E-state index contributed by atoms with van der Waals surface area (Å²) >= 11 is 3.42. The van der Waals surface area contributed by atoms with Crippen LogP contribution in [0.2, 0.25) is 0 Å². The predicted octanol–water partition coefficient (Wildman–Crippen LogP) is 4.43. The standard InChI is InChI=1S/C18H10BrNO2/c19-14-8-4-3-7-13(14)17-18(21)16-12-6-2-1-5-11(12)9-10-15(16)20(17)22/h1-10H. The molecule has 3 aromatic carbocycles. The van der Waals surface area contributed by atoms with E-state index >= 15 is 0 Å². The van der Waals surface area contributed by atoms with E-state index in [4.69, 9.17) is 0 Å². The fraction of sp³-hybridized carbons (Fsp3) is 0. The van der Waals surface area contributed by atoms with Gasteiger partial charge in [-0.05, 0) is 44.9 Å². The van der Waals surface area contributed by atoms with Crippen molar-refractivity contribution in [3.8, 4) is 0 Å². The average molecular weight is 352 g/mol. The van der Waals surface area contributed by atoms with Gasteiger partial charge in [-0.1, -0.05) is 36.4 Å². The molecular formula is C18H10BrNO2. The molecule has 1 aliphatic rings. The van der Waals surface area contributed by atoms with Crippen LogP contribution in [0.15, 0.2) is 65.1 Å². The molecule has 4 rings (SSSR count). The Hall–Kier alpha value is -2.46. The van der Waals surface area contributed by atoms with Gasteiger partial charge in [-0.25, -0.2) is 0 Å². The molecule has 0 aliphatic carbocycles. The van der Waals surface area contributed by atoms with Gasteiger partial charge in [-0.15, -0.1) is 0 Å². The lowest BCUT2D eigenvalue weighted by Gasteiger charge is -2.03. The second kappa shape index (κ2) is 4.78. The third kappa shape index (κ3) is 1.74. The molecule has 0 atom stereocenters. The summed E-state index contributed by atoms with van der Waals surface area (Å²) in [6.45, 7) is 0.